The van der Waals surface area contributed by atoms with Crippen molar-refractivity contribution in [2.24, 2.45) is 5.73 Å². The van der Waals surface area contributed by atoms with E-state index >= 15 is 0 Å². The van der Waals surface area contributed by atoms with Crippen molar-refractivity contribution in [2.45, 2.75) is 33.2 Å². The number of ether oxygens (including phenoxy) is 1. The molecule has 0 radical (unpaired) electrons. The highest BCUT2D eigenvalue weighted by molar-refractivity contribution is 7.80. The highest BCUT2D eigenvalue weighted by Crippen LogP contribution is 2.19. The van der Waals surface area contributed by atoms with Crippen LogP contribution in [0.4, 0.5) is 0 Å². The third kappa shape index (κ3) is 4.87. The molecule has 1 unspecified atom stereocenters. The van der Waals surface area contributed by atoms with Gasteiger partial charge in [0.1, 0.15) is 10.7 Å². The van der Waals surface area contributed by atoms with Gasteiger partial charge >= 0.3 is 0 Å². The molecule has 1 amide bonds. The van der Waals surface area contributed by atoms with E-state index in [1.165, 1.54) is 0 Å². The lowest BCUT2D eigenvalue weighted by Crippen LogP contribution is -2.35. The largest absolute Gasteiger partial charge is 0.483 e. The second kappa shape index (κ2) is 7.09. The molecule has 0 heterocycles. The van der Waals surface area contributed by atoms with Crippen LogP contribution >= 0.6 is 12.2 Å². The van der Waals surface area contributed by atoms with E-state index in [-0.39, 0.29) is 18.6 Å². The van der Waals surface area contributed by atoms with E-state index in [9.17, 15) is 4.79 Å². The van der Waals surface area contributed by atoms with Crippen LogP contribution in [0.5, 0.6) is 5.75 Å². The highest BCUT2D eigenvalue weighted by atomic mass is 32.1. The summed E-state index contributed by atoms with van der Waals surface area (Å²) in [7, 11) is 0. The summed E-state index contributed by atoms with van der Waals surface area (Å²) >= 11 is 4.92. The second-order valence-electron chi connectivity index (χ2n) is 4.51. The molecule has 0 bridgehead atoms. The summed E-state index contributed by atoms with van der Waals surface area (Å²) in [5.74, 6) is 0.499. The number of thiocarbonyl (C=S) groups is 1. The molecule has 0 spiro atoms. The molecule has 0 fully saturated rings. The first-order valence-electron chi connectivity index (χ1n) is 6.26. The maximum absolute atomic E-state index is 11.6. The lowest BCUT2D eigenvalue weighted by Gasteiger charge is -2.13. The van der Waals surface area contributed by atoms with Gasteiger partial charge in [-0.3, -0.25) is 4.79 Å². The van der Waals surface area contributed by atoms with Crippen molar-refractivity contribution in [2.75, 3.05) is 6.61 Å². The van der Waals surface area contributed by atoms with Crippen LogP contribution in [0.25, 0.3) is 0 Å². The second-order valence-corrected chi connectivity index (χ2v) is 4.95. The van der Waals surface area contributed by atoms with Crippen LogP contribution in [-0.2, 0) is 4.79 Å². The third-order valence-corrected chi connectivity index (χ3v) is 3.09. The summed E-state index contributed by atoms with van der Waals surface area (Å²) in [6.45, 7) is 5.87. The SMILES string of the molecule is CCC(C)NC(=O)COc1cc(C(N)=S)ccc1C. The quantitative estimate of drug-likeness (QED) is 0.781. The molecule has 0 aromatic heterocycles. The van der Waals surface area contributed by atoms with E-state index in [0.29, 0.717) is 10.7 Å². The summed E-state index contributed by atoms with van der Waals surface area (Å²) in [4.78, 5) is 11.9. The fourth-order valence-corrected chi connectivity index (χ4v) is 1.60. The van der Waals surface area contributed by atoms with Crippen molar-refractivity contribution < 1.29 is 9.53 Å². The van der Waals surface area contributed by atoms with E-state index in [1.54, 1.807) is 6.07 Å². The van der Waals surface area contributed by atoms with Gasteiger partial charge in [0, 0.05) is 11.6 Å². The van der Waals surface area contributed by atoms with Crippen LogP contribution in [-0.4, -0.2) is 23.5 Å². The molecule has 3 N–H and O–H groups in total. The van der Waals surface area contributed by atoms with E-state index in [4.69, 9.17) is 22.7 Å². The highest BCUT2D eigenvalue weighted by Gasteiger charge is 2.08. The molecule has 1 aromatic rings. The predicted molar refractivity (Wildman–Crippen MR) is 80.5 cm³/mol. The van der Waals surface area contributed by atoms with Crippen LogP contribution in [0.2, 0.25) is 0 Å². The molecule has 104 valence electrons. The Balaban J connectivity index is 2.64. The average Bonchev–Trinajstić information content (AvgIpc) is 2.37. The van der Waals surface area contributed by atoms with Gasteiger partial charge in [-0.05, 0) is 31.9 Å². The maximum atomic E-state index is 11.6. The molecule has 0 saturated heterocycles. The number of carbonyl (C=O) groups excluding carboxylic acids is 1. The maximum Gasteiger partial charge on any atom is 0.258 e. The summed E-state index contributed by atoms with van der Waals surface area (Å²) < 4.78 is 5.51. The van der Waals surface area contributed by atoms with E-state index in [0.717, 1.165) is 17.5 Å². The molecular formula is C14H20N2O2S. The first kappa shape index (κ1) is 15.4. The fraction of sp³-hybridized carbons (Fsp3) is 0.429. The molecule has 19 heavy (non-hydrogen) atoms. The summed E-state index contributed by atoms with van der Waals surface area (Å²) in [6.07, 6.45) is 0.891. The Morgan fingerprint density at radius 3 is 2.79 bits per heavy atom. The molecule has 0 saturated carbocycles. The third-order valence-electron chi connectivity index (χ3n) is 2.85. The lowest BCUT2D eigenvalue weighted by molar-refractivity contribution is -0.123. The van der Waals surface area contributed by atoms with Crippen LogP contribution < -0.4 is 15.8 Å². The molecule has 1 rings (SSSR count). The molecular weight excluding hydrogens is 260 g/mol. The lowest BCUT2D eigenvalue weighted by atomic mass is 10.1. The van der Waals surface area contributed by atoms with Gasteiger partial charge in [0.2, 0.25) is 0 Å². The summed E-state index contributed by atoms with van der Waals surface area (Å²) in [5, 5.41) is 2.84. The standard InChI is InChI=1S/C14H20N2O2S/c1-4-10(3)16-13(17)8-18-12-7-11(14(15)19)6-5-9(12)2/h5-7,10H,4,8H2,1-3H3,(H2,15,19)(H,16,17). The topological polar surface area (TPSA) is 64.3 Å². The van der Waals surface area contributed by atoms with Gasteiger partial charge in [-0.1, -0.05) is 31.3 Å². The predicted octanol–water partition coefficient (Wildman–Crippen LogP) is 1.92. The van der Waals surface area contributed by atoms with Crippen LogP contribution in [0.1, 0.15) is 31.4 Å². The minimum atomic E-state index is -0.130. The number of nitrogens with two attached hydrogens (primary N) is 1. The number of aryl methyl sites for hydroxylation is 1. The van der Waals surface area contributed by atoms with Gasteiger partial charge in [-0.15, -0.1) is 0 Å². The van der Waals surface area contributed by atoms with Crippen molar-refractivity contribution in [1.29, 1.82) is 0 Å². The van der Waals surface area contributed by atoms with Gasteiger partial charge in [-0.2, -0.15) is 0 Å². The zero-order chi connectivity index (χ0) is 14.4. The first-order valence-corrected chi connectivity index (χ1v) is 6.67. The Morgan fingerprint density at radius 1 is 1.53 bits per heavy atom. The van der Waals surface area contributed by atoms with Crippen molar-refractivity contribution >= 4 is 23.1 Å². The molecule has 1 atom stereocenters. The van der Waals surface area contributed by atoms with Crippen LogP contribution in [0.15, 0.2) is 18.2 Å². The van der Waals surface area contributed by atoms with Gasteiger partial charge in [0.25, 0.3) is 5.91 Å². The Bertz CT molecular complexity index is 475. The zero-order valence-electron chi connectivity index (χ0n) is 11.5. The van der Waals surface area contributed by atoms with Crippen molar-refractivity contribution in [3.63, 3.8) is 0 Å². The number of carbonyl (C=O) groups is 1. The minimum Gasteiger partial charge on any atom is -0.483 e. The molecule has 5 heteroatoms. The smallest absolute Gasteiger partial charge is 0.258 e. The molecule has 4 nitrogen and oxygen atoms in total. The molecule has 0 aliphatic rings. The monoisotopic (exact) mass is 280 g/mol. The Morgan fingerprint density at radius 2 is 2.21 bits per heavy atom. The molecule has 0 aliphatic heterocycles. The van der Waals surface area contributed by atoms with Gasteiger partial charge in [0.05, 0.1) is 0 Å². The normalized spacial score (nSPS) is 11.7. The first-order chi connectivity index (χ1) is 8.93. The zero-order valence-corrected chi connectivity index (χ0v) is 12.3. The number of amides is 1. The minimum absolute atomic E-state index is 0.00797. The van der Waals surface area contributed by atoms with Crippen LogP contribution in [0, 0.1) is 6.92 Å². The average molecular weight is 280 g/mol. The van der Waals surface area contributed by atoms with Gasteiger partial charge in [-0.25, -0.2) is 0 Å². The molecule has 0 aliphatic carbocycles. The summed E-state index contributed by atoms with van der Waals surface area (Å²) in [6, 6.07) is 5.62. The van der Waals surface area contributed by atoms with Crippen molar-refractivity contribution in [1.82, 2.24) is 5.32 Å². The van der Waals surface area contributed by atoms with E-state index in [1.807, 2.05) is 32.9 Å². The molecule has 1 aromatic carbocycles. The van der Waals surface area contributed by atoms with Gasteiger partial charge in [0.15, 0.2) is 6.61 Å². The van der Waals surface area contributed by atoms with E-state index < -0.39 is 0 Å². The van der Waals surface area contributed by atoms with Gasteiger partial charge < -0.3 is 15.8 Å². The van der Waals surface area contributed by atoms with Crippen LogP contribution in [0.3, 0.4) is 0 Å². The number of rotatable bonds is 6. The fourth-order valence-electron chi connectivity index (χ4n) is 1.47. The van der Waals surface area contributed by atoms with E-state index in [2.05, 4.69) is 5.32 Å². The summed E-state index contributed by atoms with van der Waals surface area (Å²) in [5.41, 5.74) is 7.24. The number of benzene rings is 1. The van der Waals surface area contributed by atoms with Crippen molar-refractivity contribution in [3.05, 3.63) is 29.3 Å². The number of nitrogens with one attached hydrogen (secondary N) is 1. The number of hydrogen-bond acceptors (Lipinski definition) is 3. The Hall–Kier alpha value is -1.62. The Labute approximate surface area is 119 Å². The van der Waals surface area contributed by atoms with Crippen molar-refractivity contribution in [3.8, 4) is 5.75 Å². The number of hydrogen-bond donors (Lipinski definition) is 2. The Kier molecular flexibility index (Phi) is 5.76.